The molecule has 1 unspecified atom stereocenters. The van der Waals surface area contributed by atoms with Gasteiger partial charge in [0.1, 0.15) is 11.9 Å². The number of amidine groups is 1. The van der Waals surface area contributed by atoms with Crippen molar-refractivity contribution in [2.75, 3.05) is 18.0 Å². The summed E-state index contributed by atoms with van der Waals surface area (Å²) in [4.78, 5) is 13.2. The molecule has 2 saturated heterocycles. The summed E-state index contributed by atoms with van der Waals surface area (Å²) in [5.41, 5.74) is 4.55. The number of nitrogens with one attached hydrogen (secondary N) is 1. The van der Waals surface area contributed by atoms with E-state index in [4.69, 9.17) is 9.83 Å². The fraction of sp³-hybridized carbons (Fsp3) is 0.536. The summed E-state index contributed by atoms with van der Waals surface area (Å²) >= 11 is 0. The van der Waals surface area contributed by atoms with Gasteiger partial charge >= 0.3 is 6.18 Å². The molecule has 1 aliphatic carbocycles. The van der Waals surface area contributed by atoms with Crippen molar-refractivity contribution in [3.63, 3.8) is 0 Å². The Bertz CT molecular complexity index is 993. The van der Waals surface area contributed by atoms with E-state index >= 15 is 0 Å². The van der Waals surface area contributed by atoms with Gasteiger partial charge in [0.25, 0.3) is 0 Å². The molecule has 4 nitrogen and oxygen atoms in total. The molecule has 7 heteroatoms. The van der Waals surface area contributed by atoms with Gasteiger partial charge in [0, 0.05) is 25.2 Å². The van der Waals surface area contributed by atoms with Crippen molar-refractivity contribution in [2.24, 2.45) is 16.8 Å². The molecule has 4 atom stereocenters. The number of hydrogen-bond acceptors (Lipinski definition) is 3. The van der Waals surface area contributed by atoms with E-state index in [1.807, 2.05) is 18.2 Å². The lowest BCUT2D eigenvalue weighted by Crippen LogP contribution is -2.38. The van der Waals surface area contributed by atoms with E-state index in [1.165, 1.54) is 37.8 Å². The zero-order valence-corrected chi connectivity index (χ0v) is 20.0. The van der Waals surface area contributed by atoms with Crippen LogP contribution in [-0.4, -0.2) is 25.0 Å². The molecule has 5 rings (SSSR count). The average Bonchev–Trinajstić information content (AvgIpc) is 3.34. The van der Waals surface area contributed by atoms with Crippen LogP contribution in [0.4, 0.5) is 18.9 Å². The van der Waals surface area contributed by atoms with Crippen LogP contribution in [0.5, 0.6) is 0 Å². The lowest BCUT2D eigenvalue weighted by atomic mass is 9.77. The maximum absolute atomic E-state index is 12.9. The third-order valence-electron chi connectivity index (χ3n) is 7.77. The first kappa shape index (κ1) is 24.2. The quantitative estimate of drug-likeness (QED) is 0.499. The van der Waals surface area contributed by atoms with Crippen molar-refractivity contribution in [1.29, 1.82) is 0 Å². The highest BCUT2D eigenvalue weighted by molar-refractivity contribution is 5.83. The summed E-state index contributed by atoms with van der Waals surface area (Å²) in [6.07, 6.45) is 4.64. The SMILES string of the molecule is FC(F)(F)c1ccc(N2CCC[C@H](C[C@@H]3CCCC[C@H]3N=C3CC(c4ccccc4)ON3)C2)cc1. The number of halogens is 3. The smallest absolute Gasteiger partial charge is 0.371 e. The van der Waals surface area contributed by atoms with Gasteiger partial charge in [-0.3, -0.25) is 15.3 Å². The lowest BCUT2D eigenvalue weighted by molar-refractivity contribution is -0.137. The van der Waals surface area contributed by atoms with Crippen LogP contribution in [0.1, 0.15) is 68.6 Å². The summed E-state index contributed by atoms with van der Waals surface area (Å²) in [7, 11) is 0. The van der Waals surface area contributed by atoms with E-state index < -0.39 is 11.7 Å². The molecule has 0 aromatic heterocycles. The van der Waals surface area contributed by atoms with Crippen LogP contribution in [0.15, 0.2) is 59.6 Å². The molecule has 3 aliphatic rings. The molecule has 1 N–H and O–H groups in total. The number of aliphatic imine (C=N–C) groups is 1. The number of hydrogen-bond donors (Lipinski definition) is 1. The van der Waals surface area contributed by atoms with Crippen molar-refractivity contribution < 1.29 is 18.0 Å². The van der Waals surface area contributed by atoms with Crippen LogP contribution in [0.25, 0.3) is 0 Å². The molecule has 2 aromatic rings. The van der Waals surface area contributed by atoms with Crippen molar-refractivity contribution >= 4 is 11.5 Å². The van der Waals surface area contributed by atoms with Crippen LogP contribution in [0, 0.1) is 11.8 Å². The van der Waals surface area contributed by atoms with Gasteiger partial charge in [0.2, 0.25) is 0 Å². The maximum atomic E-state index is 12.9. The van der Waals surface area contributed by atoms with Gasteiger partial charge < -0.3 is 4.90 Å². The number of benzene rings is 2. The Kier molecular flexibility index (Phi) is 7.32. The highest BCUT2D eigenvalue weighted by atomic mass is 19.4. The van der Waals surface area contributed by atoms with Crippen molar-refractivity contribution in [3.05, 3.63) is 65.7 Å². The minimum absolute atomic E-state index is 0.00706. The largest absolute Gasteiger partial charge is 0.416 e. The predicted octanol–water partition coefficient (Wildman–Crippen LogP) is 6.94. The molecule has 2 aromatic carbocycles. The lowest BCUT2D eigenvalue weighted by Gasteiger charge is -2.38. The maximum Gasteiger partial charge on any atom is 0.416 e. The van der Waals surface area contributed by atoms with Gasteiger partial charge in [0.15, 0.2) is 0 Å². The molecular weight excluding hydrogens is 451 g/mol. The van der Waals surface area contributed by atoms with Crippen LogP contribution in [-0.2, 0) is 11.0 Å². The molecule has 0 radical (unpaired) electrons. The molecule has 3 fully saturated rings. The average molecular weight is 486 g/mol. The summed E-state index contributed by atoms with van der Waals surface area (Å²) in [5.74, 6) is 2.04. The molecular formula is C28H34F3N3O. The van der Waals surface area contributed by atoms with Gasteiger partial charge in [-0.2, -0.15) is 13.2 Å². The van der Waals surface area contributed by atoms with Gasteiger partial charge in [-0.1, -0.05) is 43.2 Å². The highest BCUT2D eigenvalue weighted by Crippen LogP contribution is 2.37. The Morgan fingerprint density at radius 2 is 1.71 bits per heavy atom. The monoisotopic (exact) mass is 485 g/mol. The van der Waals surface area contributed by atoms with Crippen LogP contribution in [0.3, 0.4) is 0 Å². The number of anilines is 1. The molecule has 35 heavy (non-hydrogen) atoms. The Labute approximate surface area is 205 Å². The van der Waals surface area contributed by atoms with E-state index in [-0.39, 0.29) is 6.10 Å². The fourth-order valence-electron chi connectivity index (χ4n) is 5.95. The Balaban J connectivity index is 1.20. The molecule has 188 valence electrons. The molecule has 2 heterocycles. The zero-order valence-electron chi connectivity index (χ0n) is 20.0. The third kappa shape index (κ3) is 6.00. The standard InChI is InChI=1S/C28H34F3N3O/c29-28(30,31)23-12-14-24(15-13-23)34-16-6-7-20(19-34)17-22-10-4-5-11-25(22)32-27-18-26(35-33-27)21-8-2-1-3-9-21/h1-3,8-9,12-15,20,22,25-26H,4-7,10-11,16-19H2,(H,32,33)/t20-,22+,25-,26?/m1/s1. The highest BCUT2D eigenvalue weighted by Gasteiger charge is 2.33. The van der Waals surface area contributed by atoms with Gasteiger partial charge in [-0.15, -0.1) is 0 Å². The van der Waals surface area contributed by atoms with Crippen molar-refractivity contribution in [3.8, 4) is 0 Å². The number of piperidine rings is 1. The van der Waals surface area contributed by atoms with E-state index in [0.717, 1.165) is 55.9 Å². The fourth-order valence-corrected chi connectivity index (χ4v) is 5.95. The Morgan fingerprint density at radius 3 is 2.49 bits per heavy atom. The third-order valence-corrected chi connectivity index (χ3v) is 7.77. The number of alkyl halides is 3. The Morgan fingerprint density at radius 1 is 0.943 bits per heavy atom. The Hall–Kier alpha value is -2.54. The first-order chi connectivity index (χ1) is 17.0. The topological polar surface area (TPSA) is 36.9 Å². The first-order valence-electron chi connectivity index (χ1n) is 12.9. The van der Waals surface area contributed by atoms with Crippen LogP contribution < -0.4 is 10.4 Å². The zero-order chi connectivity index (χ0) is 24.3. The number of hydroxylamine groups is 1. The molecule has 0 spiro atoms. The summed E-state index contributed by atoms with van der Waals surface area (Å²) in [6.45, 7) is 1.81. The van der Waals surface area contributed by atoms with Gasteiger partial charge in [0.05, 0.1) is 11.6 Å². The molecule has 1 saturated carbocycles. The van der Waals surface area contributed by atoms with E-state index in [1.54, 1.807) is 12.1 Å². The second-order valence-corrected chi connectivity index (χ2v) is 10.2. The summed E-state index contributed by atoms with van der Waals surface area (Å²) in [6, 6.07) is 16.2. The van der Waals surface area contributed by atoms with Gasteiger partial charge in [-0.25, -0.2) is 0 Å². The normalized spacial score (nSPS) is 28.8. The molecule has 0 amide bonds. The minimum atomic E-state index is -4.29. The molecule has 0 bridgehead atoms. The summed E-state index contributed by atoms with van der Waals surface area (Å²) in [5, 5.41) is 0. The van der Waals surface area contributed by atoms with E-state index in [2.05, 4.69) is 22.5 Å². The van der Waals surface area contributed by atoms with Crippen LogP contribution in [0.2, 0.25) is 0 Å². The van der Waals surface area contributed by atoms with E-state index in [0.29, 0.717) is 17.9 Å². The second kappa shape index (κ2) is 10.6. The molecule has 2 aliphatic heterocycles. The first-order valence-corrected chi connectivity index (χ1v) is 12.9. The van der Waals surface area contributed by atoms with E-state index in [9.17, 15) is 13.2 Å². The second-order valence-electron chi connectivity index (χ2n) is 10.2. The van der Waals surface area contributed by atoms with Crippen molar-refractivity contribution in [2.45, 2.75) is 69.7 Å². The van der Waals surface area contributed by atoms with Gasteiger partial charge in [-0.05, 0) is 73.8 Å². The summed E-state index contributed by atoms with van der Waals surface area (Å²) < 4.78 is 38.8. The number of rotatable bonds is 5. The van der Waals surface area contributed by atoms with Crippen molar-refractivity contribution in [1.82, 2.24) is 5.48 Å². The predicted molar refractivity (Wildman–Crippen MR) is 132 cm³/mol. The van der Waals surface area contributed by atoms with Crippen LogP contribution >= 0.6 is 0 Å². The minimum Gasteiger partial charge on any atom is -0.371 e. The number of nitrogens with zero attached hydrogens (tertiary/aromatic N) is 2.